The van der Waals surface area contributed by atoms with Gasteiger partial charge in [-0.25, -0.2) is 4.98 Å². The Morgan fingerprint density at radius 2 is 2.16 bits per heavy atom. The summed E-state index contributed by atoms with van der Waals surface area (Å²) >= 11 is 1.56. The fourth-order valence-electron chi connectivity index (χ4n) is 1.85. The molecule has 94 valence electrons. The third-order valence-corrected chi connectivity index (χ3v) is 3.67. The molecule has 6 heteroatoms. The number of hydrogen-bond acceptors (Lipinski definition) is 5. The summed E-state index contributed by atoms with van der Waals surface area (Å²) in [5, 5.41) is 17.8. The molecule has 2 heterocycles. The highest BCUT2D eigenvalue weighted by Crippen LogP contribution is 2.21. The number of aromatic nitrogens is 2. The summed E-state index contributed by atoms with van der Waals surface area (Å²) in [6.45, 7) is 3.86. The second kappa shape index (κ2) is 5.05. The largest absolute Gasteiger partial charge is 0.313 e. The molecule has 0 radical (unpaired) electrons. The molecule has 0 aromatic carbocycles. The zero-order valence-corrected chi connectivity index (χ0v) is 11.3. The van der Waals surface area contributed by atoms with Crippen molar-refractivity contribution in [3.8, 4) is 12.1 Å². The topological polar surface area (TPSA) is 82.5 Å². The first-order valence-electron chi connectivity index (χ1n) is 5.52. The Bertz CT molecular complexity index is 727. The second-order valence-electron chi connectivity index (χ2n) is 4.04. The number of imidazole rings is 1. The second-order valence-corrected chi connectivity index (χ2v) is 5.50. The molecule has 0 saturated carbocycles. The zero-order chi connectivity index (χ0) is 14.0. The molecular weight excluding hydrogens is 260 g/mol. The summed E-state index contributed by atoms with van der Waals surface area (Å²) in [5.41, 5.74) is 0.840. The van der Waals surface area contributed by atoms with Crippen molar-refractivity contribution in [3.05, 3.63) is 39.1 Å². The molecule has 0 atom stereocenters. The summed E-state index contributed by atoms with van der Waals surface area (Å²) in [5.74, 6) is -0.0831. The van der Waals surface area contributed by atoms with Crippen LogP contribution in [0, 0.1) is 36.5 Å². The van der Waals surface area contributed by atoms with Gasteiger partial charge >= 0.3 is 0 Å². The van der Waals surface area contributed by atoms with E-state index in [0.717, 1.165) is 9.75 Å². The van der Waals surface area contributed by atoms with E-state index in [1.54, 1.807) is 11.3 Å². The highest BCUT2D eigenvalue weighted by molar-refractivity contribution is 7.12. The lowest BCUT2D eigenvalue weighted by Crippen LogP contribution is -2.11. The van der Waals surface area contributed by atoms with Crippen LogP contribution < -0.4 is 0 Å². The van der Waals surface area contributed by atoms with Crippen LogP contribution in [0.4, 0.5) is 0 Å². The number of ketones is 1. The molecule has 0 unspecified atom stereocenters. The highest BCUT2D eigenvalue weighted by Gasteiger charge is 2.16. The Morgan fingerprint density at radius 1 is 1.42 bits per heavy atom. The predicted octanol–water partition coefficient (Wildman–Crippen LogP) is 2.19. The van der Waals surface area contributed by atoms with Gasteiger partial charge in [0, 0.05) is 15.3 Å². The van der Waals surface area contributed by atoms with Crippen molar-refractivity contribution >= 4 is 17.1 Å². The molecule has 0 aliphatic rings. The molecule has 2 aromatic heterocycles. The molecule has 0 bridgehead atoms. The Morgan fingerprint density at radius 3 is 2.68 bits per heavy atom. The minimum absolute atomic E-state index is 0.0224. The lowest BCUT2D eigenvalue weighted by atomic mass is 10.1. The van der Waals surface area contributed by atoms with Crippen LogP contribution in [0.2, 0.25) is 0 Å². The van der Waals surface area contributed by atoms with Gasteiger partial charge in [-0.3, -0.25) is 4.79 Å². The van der Waals surface area contributed by atoms with E-state index in [1.165, 1.54) is 10.9 Å². The average molecular weight is 270 g/mol. The van der Waals surface area contributed by atoms with E-state index in [9.17, 15) is 4.79 Å². The van der Waals surface area contributed by atoms with E-state index in [-0.39, 0.29) is 23.7 Å². The Balaban J connectivity index is 2.30. The fourth-order valence-corrected chi connectivity index (χ4v) is 2.79. The van der Waals surface area contributed by atoms with Crippen molar-refractivity contribution in [1.82, 2.24) is 9.55 Å². The number of hydrogen-bond donors (Lipinski definition) is 0. The number of aryl methyl sites for hydroxylation is 2. The summed E-state index contributed by atoms with van der Waals surface area (Å²) in [6.07, 6.45) is 1.35. The maximum atomic E-state index is 12.2. The molecule has 0 spiro atoms. The van der Waals surface area contributed by atoms with Gasteiger partial charge in [0.25, 0.3) is 0 Å². The number of thiophene rings is 1. The third-order valence-electron chi connectivity index (χ3n) is 2.70. The first-order chi connectivity index (χ1) is 9.06. The van der Waals surface area contributed by atoms with E-state index in [0.29, 0.717) is 5.56 Å². The minimum atomic E-state index is -0.0831. The van der Waals surface area contributed by atoms with Crippen molar-refractivity contribution in [3.63, 3.8) is 0 Å². The van der Waals surface area contributed by atoms with Crippen LogP contribution in [-0.4, -0.2) is 15.3 Å². The number of nitriles is 2. The molecular formula is C13H10N4OS. The van der Waals surface area contributed by atoms with Gasteiger partial charge in [0.05, 0.1) is 12.9 Å². The molecule has 0 saturated heterocycles. The Hall–Kier alpha value is -2.44. The normalized spacial score (nSPS) is 9.89. The SMILES string of the molecule is Cc1cc(C(=O)Cn2cnc(C#N)c2C#N)c(C)s1. The number of rotatable bonds is 3. The van der Waals surface area contributed by atoms with Crippen molar-refractivity contribution in [1.29, 1.82) is 10.5 Å². The summed E-state index contributed by atoms with van der Waals surface area (Å²) in [7, 11) is 0. The fraction of sp³-hybridized carbons (Fsp3) is 0.231. The molecule has 2 rings (SSSR count). The highest BCUT2D eigenvalue weighted by atomic mass is 32.1. The Kier molecular flexibility index (Phi) is 3.46. The van der Waals surface area contributed by atoms with Gasteiger partial charge < -0.3 is 4.57 Å². The van der Waals surface area contributed by atoms with Crippen molar-refractivity contribution in [2.75, 3.05) is 0 Å². The molecule has 5 nitrogen and oxygen atoms in total. The van der Waals surface area contributed by atoms with Gasteiger partial charge in [-0.05, 0) is 19.9 Å². The molecule has 0 aliphatic carbocycles. The zero-order valence-electron chi connectivity index (χ0n) is 10.5. The number of carbonyl (C=O) groups is 1. The van der Waals surface area contributed by atoms with Gasteiger partial charge in [-0.2, -0.15) is 10.5 Å². The van der Waals surface area contributed by atoms with E-state index in [4.69, 9.17) is 10.5 Å². The minimum Gasteiger partial charge on any atom is -0.313 e. The van der Waals surface area contributed by atoms with Crippen LogP contribution >= 0.6 is 11.3 Å². The van der Waals surface area contributed by atoms with E-state index >= 15 is 0 Å². The van der Waals surface area contributed by atoms with Crippen LogP contribution in [0.3, 0.4) is 0 Å². The van der Waals surface area contributed by atoms with Crippen LogP contribution in [0.25, 0.3) is 0 Å². The van der Waals surface area contributed by atoms with E-state index < -0.39 is 0 Å². The predicted molar refractivity (Wildman–Crippen MR) is 69.8 cm³/mol. The van der Waals surface area contributed by atoms with Crippen LogP contribution in [-0.2, 0) is 6.54 Å². The van der Waals surface area contributed by atoms with Crippen molar-refractivity contribution in [2.45, 2.75) is 20.4 Å². The first kappa shape index (κ1) is 13.0. The van der Waals surface area contributed by atoms with Crippen molar-refractivity contribution in [2.24, 2.45) is 0 Å². The molecule has 0 fully saturated rings. The standard InChI is InChI=1S/C13H10N4OS/c1-8-3-10(9(2)19-8)13(18)6-17-7-16-11(4-14)12(17)5-15/h3,7H,6H2,1-2H3. The molecule has 2 aromatic rings. The van der Waals surface area contributed by atoms with E-state index in [2.05, 4.69) is 4.98 Å². The molecule has 0 aliphatic heterocycles. The lowest BCUT2D eigenvalue weighted by molar-refractivity contribution is 0.0971. The van der Waals surface area contributed by atoms with Gasteiger partial charge in [0.2, 0.25) is 0 Å². The monoisotopic (exact) mass is 270 g/mol. The maximum Gasteiger partial charge on any atom is 0.183 e. The number of Topliss-reactive ketones (excluding diaryl/α,β-unsaturated/α-hetero) is 1. The van der Waals surface area contributed by atoms with Gasteiger partial charge in [0.1, 0.15) is 12.1 Å². The van der Waals surface area contributed by atoms with Crippen LogP contribution in [0.15, 0.2) is 12.4 Å². The Labute approximate surface area is 114 Å². The molecule has 0 N–H and O–H groups in total. The summed E-state index contributed by atoms with van der Waals surface area (Å²) < 4.78 is 1.41. The molecule has 19 heavy (non-hydrogen) atoms. The van der Waals surface area contributed by atoms with E-state index in [1.807, 2.05) is 32.1 Å². The quantitative estimate of drug-likeness (QED) is 0.800. The summed E-state index contributed by atoms with van der Waals surface area (Å²) in [6, 6.07) is 5.58. The van der Waals surface area contributed by atoms with Gasteiger partial charge in [0.15, 0.2) is 17.2 Å². The smallest absolute Gasteiger partial charge is 0.183 e. The first-order valence-corrected chi connectivity index (χ1v) is 6.34. The number of nitrogens with zero attached hydrogens (tertiary/aromatic N) is 4. The average Bonchev–Trinajstić information content (AvgIpc) is 2.91. The third kappa shape index (κ3) is 2.40. The van der Waals surface area contributed by atoms with Gasteiger partial charge in [-0.1, -0.05) is 0 Å². The van der Waals surface area contributed by atoms with Crippen LogP contribution in [0.5, 0.6) is 0 Å². The lowest BCUT2D eigenvalue weighted by Gasteiger charge is -2.02. The van der Waals surface area contributed by atoms with Crippen LogP contribution in [0.1, 0.15) is 31.5 Å². The number of carbonyl (C=O) groups excluding carboxylic acids is 1. The molecule has 0 amide bonds. The maximum absolute atomic E-state index is 12.2. The summed E-state index contributed by atoms with van der Waals surface area (Å²) in [4.78, 5) is 18.0. The van der Waals surface area contributed by atoms with Crippen molar-refractivity contribution < 1.29 is 4.79 Å². The van der Waals surface area contributed by atoms with Gasteiger partial charge in [-0.15, -0.1) is 11.3 Å².